The molecule has 2 atom stereocenters. The summed E-state index contributed by atoms with van der Waals surface area (Å²) >= 11 is 0.481. The number of carboxylic acids is 1. The number of unbranched alkanes of at least 4 members (excludes halogenated alkanes) is 1. The lowest BCUT2D eigenvalue weighted by Gasteiger charge is -2.43. The van der Waals surface area contributed by atoms with Crippen LogP contribution in [0.25, 0.3) is 0 Å². The molecule has 1 aromatic carbocycles. The Hall–Kier alpha value is -4.34. The first kappa shape index (κ1) is 44.4. The zero-order valence-electron chi connectivity index (χ0n) is 31.7. The molecule has 16 heteroatoms. The smallest absolute Gasteiger partial charge is 0.425 e. The number of hydrogen-bond acceptors (Lipinski definition) is 7. The number of carbonyl (C=O) groups is 3. The van der Waals surface area contributed by atoms with Gasteiger partial charge >= 0.3 is 18.3 Å². The minimum absolute atomic E-state index is 0.0414. The fourth-order valence-electron chi connectivity index (χ4n) is 7.22. The number of benzene rings is 1. The van der Waals surface area contributed by atoms with Crippen LogP contribution in [-0.2, 0) is 21.9 Å². The molecular formula is C40H49F6N3O6S. The molecule has 2 aromatic heterocycles. The maximum absolute atomic E-state index is 13.9. The molecule has 2 N–H and O–H groups in total. The Morgan fingerprint density at radius 2 is 1.64 bits per heavy atom. The van der Waals surface area contributed by atoms with Gasteiger partial charge in [-0.25, -0.2) is 0 Å². The molecule has 56 heavy (non-hydrogen) atoms. The van der Waals surface area contributed by atoms with Crippen LogP contribution in [0.4, 0.5) is 26.3 Å². The summed E-state index contributed by atoms with van der Waals surface area (Å²) in [4.78, 5) is 45.2. The summed E-state index contributed by atoms with van der Waals surface area (Å²) in [5.41, 5.74) is -1.34. The van der Waals surface area contributed by atoms with E-state index in [2.05, 4.69) is 11.1 Å². The summed E-state index contributed by atoms with van der Waals surface area (Å²) in [5, 5.41) is 18.9. The van der Waals surface area contributed by atoms with Crippen molar-refractivity contribution in [2.24, 2.45) is 11.3 Å². The number of aliphatic carboxylic acids is 1. The monoisotopic (exact) mass is 813 g/mol. The summed E-state index contributed by atoms with van der Waals surface area (Å²) in [6.07, 6.45) is -1.97. The van der Waals surface area contributed by atoms with E-state index in [1.54, 1.807) is 13.8 Å². The van der Waals surface area contributed by atoms with Gasteiger partial charge in [0, 0.05) is 43.3 Å². The Balaban J connectivity index is 0.000000604. The van der Waals surface area contributed by atoms with E-state index >= 15 is 0 Å². The first-order valence-corrected chi connectivity index (χ1v) is 19.6. The van der Waals surface area contributed by atoms with Gasteiger partial charge in [-0.1, -0.05) is 31.5 Å². The average molecular weight is 814 g/mol. The number of piperidine rings is 2. The van der Waals surface area contributed by atoms with Crippen molar-refractivity contribution in [3.05, 3.63) is 75.7 Å². The van der Waals surface area contributed by atoms with E-state index in [1.807, 2.05) is 30.0 Å². The molecule has 3 aromatic rings. The number of rotatable bonds is 12. The van der Waals surface area contributed by atoms with Crippen LogP contribution in [0.15, 0.2) is 54.0 Å². The van der Waals surface area contributed by atoms with E-state index in [-0.39, 0.29) is 24.1 Å². The van der Waals surface area contributed by atoms with Gasteiger partial charge in [0.25, 0.3) is 5.91 Å². The highest BCUT2D eigenvalue weighted by Crippen LogP contribution is 2.38. The number of likely N-dealkylation sites (tertiary alicyclic amines) is 2. The van der Waals surface area contributed by atoms with Gasteiger partial charge in [-0.2, -0.15) is 26.3 Å². The summed E-state index contributed by atoms with van der Waals surface area (Å²) in [6, 6.07) is 10.2. The number of para-hydroxylation sites is 1. The molecule has 0 saturated carbocycles. The number of nitrogens with zero attached hydrogens (tertiary/aromatic N) is 3. The molecular weight excluding hydrogens is 765 g/mol. The van der Waals surface area contributed by atoms with E-state index in [0.29, 0.717) is 69.2 Å². The maximum atomic E-state index is 13.9. The summed E-state index contributed by atoms with van der Waals surface area (Å²) < 4.78 is 82.4. The quantitative estimate of drug-likeness (QED) is 0.138. The van der Waals surface area contributed by atoms with Crippen LogP contribution in [0, 0.1) is 11.3 Å². The number of alkyl halides is 6. The number of halogens is 6. The van der Waals surface area contributed by atoms with Crippen LogP contribution < -0.4 is 4.74 Å². The Kier molecular flexibility index (Phi) is 15.2. The minimum Gasteiger partial charge on any atom is -0.507 e. The lowest BCUT2D eigenvalue weighted by molar-refractivity contribution is -0.147. The predicted octanol–water partition coefficient (Wildman–Crippen LogP) is 9.66. The van der Waals surface area contributed by atoms with Crippen molar-refractivity contribution in [3.8, 4) is 11.5 Å². The Bertz CT molecular complexity index is 1770. The van der Waals surface area contributed by atoms with Gasteiger partial charge in [0.1, 0.15) is 22.1 Å². The Morgan fingerprint density at radius 3 is 2.23 bits per heavy atom. The molecule has 2 aliphatic rings. The topological polar surface area (TPSA) is 120 Å². The number of pyridine rings is 1. The molecule has 0 spiro atoms. The number of amides is 2. The molecule has 2 unspecified atom stereocenters. The van der Waals surface area contributed by atoms with Gasteiger partial charge in [0.15, 0.2) is 0 Å². The van der Waals surface area contributed by atoms with Gasteiger partial charge < -0.3 is 24.7 Å². The average Bonchev–Trinajstić information content (AvgIpc) is 3.61. The van der Waals surface area contributed by atoms with E-state index < -0.39 is 57.7 Å². The highest BCUT2D eigenvalue weighted by atomic mass is 32.1. The van der Waals surface area contributed by atoms with Gasteiger partial charge in [-0.15, -0.1) is 11.3 Å². The fraction of sp³-hybridized carbons (Fsp3) is 0.550. The third-order valence-electron chi connectivity index (χ3n) is 10.3. The summed E-state index contributed by atoms with van der Waals surface area (Å²) in [6.45, 7) is 7.27. The molecule has 308 valence electrons. The number of thiophene rings is 1. The SMILES string of the molecule is CCCC1C(C(=O)N2CCC(c3ccccc3OCCCCC(C)(C)C(=O)O)CC2)CCCN1C(=O)c1ncccc1C(F)(F)F.Oc1csc(C(F)(F)F)c1. The minimum atomic E-state index is -4.71. The zero-order chi connectivity index (χ0) is 41.3. The first-order valence-electron chi connectivity index (χ1n) is 18.8. The number of carbonyl (C=O) groups excluding carboxylic acids is 2. The molecule has 0 bridgehead atoms. The third-order valence-corrected chi connectivity index (χ3v) is 11.3. The standard InChI is InChI=1S/C35H46F3N3O5.C5H3F3OS/c1-4-11-28-26(13-10-20-41(28)32(43)30-27(35(36,37)38)14-9-19-39-30)31(42)40-21-16-24(17-22-40)25-12-5-6-15-29(25)46-23-8-7-18-34(2,3)33(44)45;6-5(7,8)4-1-3(9)2-10-4/h5-6,9,12,14-15,19,24,26,28H,4,7-8,10-11,13,16-18,20-23H2,1-3H3,(H,44,45);1-2,9H. The summed E-state index contributed by atoms with van der Waals surface area (Å²) in [7, 11) is 0. The van der Waals surface area contributed by atoms with E-state index in [0.717, 1.165) is 48.4 Å². The highest BCUT2D eigenvalue weighted by Gasteiger charge is 2.43. The number of hydrogen-bond donors (Lipinski definition) is 2. The largest absolute Gasteiger partial charge is 0.507 e. The van der Waals surface area contributed by atoms with Crippen molar-refractivity contribution in [2.75, 3.05) is 26.2 Å². The third kappa shape index (κ3) is 11.6. The number of carboxylic acid groups (broad SMARTS) is 1. The van der Waals surface area contributed by atoms with Crippen molar-refractivity contribution in [2.45, 2.75) is 103 Å². The normalized spacial score (nSPS) is 18.2. The van der Waals surface area contributed by atoms with Crippen LogP contribution in [0.3, 0.4) is 0 Å². The van der Waals surface area contributed by atoms with Crippen LogP contribution in [0.2, 0.25) is 0 Å². The first-order chi connectivity index (χ1) is 26.3. The lowest BCUT2D eigenvalue weighted by Crippen LogP contribution is -2.54. The van der Waals surface area contributed by atoms with Crippen molar-refractivity contribution >= 4 is 29.1 Å². The number of ether oxygens (including phenoxy) is 1. The molecule has 4 heterocycles. The second-order valence-corrected chi connectivity index (χ2v) is 15.7. The van der Waals surface area contributed by atoms with Crippen molar-refractivity contribution in [3.63, 3.8) is 0 Å². The molecule has 5 rings (SSSR count). The molecule has 0 radical (unpaired) electrons. The van der Waals surface area contributed by atoms with Gasteiger partial charge in [0.2, 0.25) is 5.91 Å². The van der Waals surface area contributed by atoms with Crippen molar-refractivity contribution in [1.29, 1.82) is 0 Å². The lowest BCUT2D eigenvalue weighted by atomic mass is 9.83. The second-order valence-electron chi connectivity index (χ2n) is 14.8. The molecule has 9 nitrogen and oxygen atoms in total. The van der Waals surface area contributed by atoms with E-state index in [1.165, 1.54) is 17.2 Å². The molecule has 2 saturated heterocycles. The molecule has 2 fully saturated rings. The molecule has 2 aliphatic heterocycles. The van der Waals surface area contributed by atoms with Crippen molar-refractivity contribution in [1.82, 2.24) is 14.8 Å². The molecule has 2 amide bonds. The predicted molar refractivity (Wildman–Crippen MR) is 198 cm³/mol. The van der Waals surface area contributed by atoms with E-state index in [9.17, 15) is 45.8 Å². The summed E-state index contributed by atoms with van der Waals surface area (Å²) in [5.74, 6) is -1.42. The Labute approximate surface area is 326 Å². The van der Waals surface area contributed by atoms with Crippen LogP contribution >= 0.6 is 11.3 Å². The highest BCUT2D eigenvalue weighted by molar-refractivity contribution is 7.10. The van der Waals surface area contributed by atoms with Crippen molar-refractivity contribution < 1.29 is 55.7 Å². The van der Waals surface area contributed by atoms with Gasteiger partial charge in [-0.05, 0) is 94.9 Å². The zero-order valence-corrected chi connectivity index (χ0v) is 32.5. The van der Waals surface area contributed by atoms with Gasteiger partial charge in [0.05, 0.1) is 23.5 Å². The second kappa shape index (κ2) is 19.2. The van der Waals surface area contributed by atoms with Crippen LogP contribution in [0.5, 0.6) is 11.5 Å². The number of aromatic hydroxyl groups is 1. The van der Waals surface area contributed by atoms with Crippen LogP contribution in [-0.4, -0.2) is 75.1 Å². The Morgan fingerprint density at radius 1 is 0.946 bits per heavy atom. The fourth-order valence-corrected chi connectivity index (χ4v) is 7.86. The van der Waals surface area contributed by atoms with E-state index in [4.69, 9.17) is 9.84 Å². The van der Waals surface area contributed by atoms with Crippen LogP contribution in [0.1, 0.15) is 111 Å². The maximum Gasteiger partial charge on any atom is 0.425 e. The molecule has 0 aliphatic carbocycles. The van der Waals surface area contributed by atoms with Gasteiger partial charge in [-0.3, -0.25) is 19.4 Å². The number of aromatic nitrogens is 1.